The molecule has 1 atom stereocenters. The van der Waals surface area contributed by atoms with Crippen molar-refractivity contribution in [2.75, 3.05) is 19.0 Å². The molecule has 0 radical (unpaired) electrons. The van der Waals surface area contributed by atoms with Crippen LogP contribution in [0.15, 0.2) is 36.4 Å². The third kappa shape index (κ3) is 3.71. The SMILES string of the molecule is COc1ccc(NC(=O)NC2COc3ccc(F)cc3C2)cc1Cl. The highest BCUT2D eigenvalue weighted by Gasteiger charge is 2.22. The summed E-state index contributed by atoms with van der Waals surface area (Å²) in [5.41, 5.74) is 1.28. The number of carbonyl (C=O) groups excluding carboxylic acids is 1. The number of nitrogens with one attached hydrogen (secondary N) is 2. The number of benzene rings is 2. The number of hydrogen-bond donors (Lipinski definition) is 2. The Labute approximate surface area is 143 Å². The summed E-state index contributed by atoms with van der Waals surface area (Å²) < 4.78 is 23.9. The van der Waals surface area contributed by atoms with Crippen molar-refractivity contribution in [1.29, 1.82) is 0 Å². The Hall–Kier alpha value is -2.47. The average Bonchev–Trinajstić information content (AvgIpc) is 2.54. The Balaban J connectivity index is 1.60. The molecule has 3 rings (SSSR count). The fourth-order valence-corrected chi connectivity index (χ4v) is 2.81. The van der Waals surface area contributed by atoms with Crippen LogP contribution in [0.1, 0.15) is 5.56 Å². The van der Waals surface area contributed by atoms with Crippen LogP contribution in [0.2, 0.25) is 5.02 Å². The smallest absolute Gasteiger partial charge is 0.319 e. The third-order valence-electron chi connectivity index (χ3n) is 3.67. The van der Waals surface area contributed by atoms with Crippen molar-refractivity contribution in [3.8, 4) is 11.5 Å². The van der Waals surface area contributed by atoms with E-state index >= 15 is 0 Å². The van der Waals surface area contributed by atoms with E-state index in [1.807, 2.05) is 0 Å². The lowest BCUT2D eigenvalue weighted by Gasteiger charge is -2.26. The highest BCUT2D eigenvalue weighted by atomic mass is 35.5. The number of fused-ring (bicyclic) bond motifs is 1. The Kier molecular flexibility index (Phi) is 4.76. The first-order valence-corrected chi connectivity index (χ1v) is 7.75. The van der Waals surface area contributed by atoms with Crippen molar-refractivity contribution >= 4 is 23.3 Å². The van der Waals surface area contributed by atoms with Gasteiger partial charge in [-0.1, -0.05) is 11.6 Å². The van der Waals surface area contributed by atoms with E-state index in [-0.39, 0.29) is 17.9 Å². The van der Waals surface area contributed by atoms with E-state index in [0.29, 0.717) is 35.2 Å². The molecule has 5 nitrogen and oxygen atoms in total. The van der Waals surface area contributed by atoms with Gasteiger partial charge in [0.25, 0.3) is 0 Å². The number of anilines is 1. The molecular formula is C17H16ClFN2O3. The number of amides is 2. The van der Waals surface area contributed by atoms with E-state index in [2.05, 4.69) is 10.6 Å². The number of ether oxygens (including phenoxy) is 2. The zero-order valence-electron chi connectivity index (χ0n) is 12.9. The van der Waals surface area contributed by atoms with E-state index in [1.54, 1.807) is 24.3 Å². The van der Waals surface area contributed by atoms with Gasteiger partial charge in [-0.15, -0.1) is 0 Å². The van der Waals surface area contributed by atoms with Crippen molar-refractivity contribution in [3.63, 3.8) is 0 Å². The number of halogens is 2. The zero-order valence-corrected chi connectivity index (χ0v) is 13.7. The van der Waals surface area contributed by atoms with Crippen molar-refractivity contribution < 1.29 is 18.7 Å². The monoisotopic (exact) mass is 350 g/mol. The van der Waals surface area contributed by atoms with E-state index < -0.39 is 0 Å². The van der Waals surface area contributed by atoms with Gasteiger partial charge >= 0.3 is 6.03 Å². The quantitative estimate of drug-likeness (QED) is 0.889. The number of rotatable bonds is 3. The number of methoxy groups -OCH3 is 1. The second kappa shape index (κ2) is 6.97. The number of hydrogen-bond acceptors (Lipinski definition) is 3. The maximum absolute atomic E-state index is 13.3. The molecule has 1 aliphatic heterocycles. The molecule has 2 aromatic carbocycles. The highest BCUT2D eigenvalue weighted by Crippen LogP contribution is 2.27. The minimum Gasteiger partial charge on any atom is -0.495 e. The molecule has 0 saturated carbocycles. The lowest BCUT2D eigenvalue weighted by atomic mass is 10.0. The van der Waals surface area contributed by atoms with Crippen LogP contribution in [0.3, 0.4) is 0 Å². The Morgan fingerprint density at radius 1 is 1.33 bits per heavy atom. The normalized spacial score (nSPS) is 15.9. The largest absolute Gasteiger partial charge is 0.495 e. The van der Waals surface area contributed by atoms with Crippen LogP contribution < -0.4 is 20.1 Å². The molecule has 0 aromatic heterocycles. The molecule has 2 N–H and O–H groups in total. The van der Waals surface area contributed by atoms with E-state index in [4.69, 9.17) is 21.1 Å². The predicted molar refractivity (Wildman–Crippen MR) is 89.5 cm³/mol. The van der Waals surface area contributed by atoms with Crippen LogP contribution in [0.4, 0.5) is 14.9 Å². The molecule has 24 heavy (non-hydrogen) atoms. The molecular weight excluding hydrogens is 335 g/mol. The summed E-state index contributed by atoms with van der Waals surface area (Å²) in [6, 6.07) is 8.70. The van der Waals surface area contributed by atoms with Crippen molar-refractivity contribution in [2.45, 2.75) is 12.5 Å². The summed E-state index contributed by atoms with van der Waals surface area (Å²) in [4.78, 5) is 12.1. The molecule has 0 spiro atoms. The van der Waals surface area contributed by atoms with Gasteiger partial charge in [-0.2, -0.15) is 0 Å². The second-order valence-electron chi connectivity index (χ2n) is 5.41. The summed E-state index contributed by atoms with van der Waals surface area (Å²) in [6.07, 6.45) is 0.504. The topological polar surface area (TPSA) is 59.6 Å². The summed E-state index contributed by atoms with van der Waals surface area (Å²) in [5, 5.41) is 5.90. The summed E-state index contributed by atoms with van der Waals surface area (Å²) >= 11 is 6.02. The molecule has 0 aliphatic carbocycles. The van der Waals surface area contributed by atoms with Gasteiger partial charge in [0.15, 0.2) is 0 Å². The lowest BCUT2D eigenvalue weighted by Crippen LogP contribution is -2.44. The zero-order chi connectivity index (χ0) is 17.1. The van der Waals surface area contributed by atoms with Crippen molar-refractivity contribution in [3.05, 3.63) is 52.8 Å². The molecule has 2 amide bonds. The van der Waals surface area contributed by atoms with E-state index in [1.165, 1.54) is 19.2 Å². The van der Waals surface area contributed by atoms with Gasteiger partial charge in [-0.05, 0) is 48.4 Å². The molecule has 0 bridgehead atoms. The first-order valence-electron chi connectivity index (χ1n) is 7.37. The molecule has 2 aromatic rings. The van der Waals surface area contributed by atoms with Gasteiger partial charge in [0.2, 0.25) is 0 Å². The highest BCUT2D eigenvalue weighted by molar-refractivity contribution is 6.32. The second-order valence-corrected chi connectivity index (χ2v) is 5.82. The fraction of sp³-hybridized carbons (Fsp3) is 0.235. The predicted octanol–water partition coefficient (Wildman–Crippen LogP) is 3.61. The summed E-state index contributed by atoms with van der Waals surface area (Å²) in [7, 11) is 1.52. The number of carbonyl (C=O) groups is 1. The Morgan fingerprint density at radius 3 is 2.92 bits per heavy atom. The van der Waals surface area contributed by atoms with Crippen molar-refractivity contribution in [2.24, 2.45) is 0 Å². The molecule has 0 saturated heterocycles. The summed E-state index contributed by atoms with van der Waals surface area (Å²) in [5.74, 6) is 0.856. The molecule has 126 valence electrons. The standard InChI is InChI=1S/C17H16ClFN2O3/c1-23-16-5-3-12(8-14(16)18)20-17(22)21-13-7-10-6-11(19)2-4-15(10)24-9-13/h2-6,8,13H,7,9H2,1H3,(H2,20,21,22). The maximum atomic E-state index is 13.3. The van der Waals surface area contributed by atoms with Gasteiger partial charge in [0, 0.05) is 5.69 Å². The van der Waals surface area contributed by atoms with Gasteiger partial charge in [-0.25, -0.2) is 9.18 Å². The lowest BCUT2D eigenvalue weighted by molar-refractivity contribution is 0.222. The van der Waals surface area contributed by atoms with Gasteiger partial charge < -0.3 is 20.1 Å². The Morgan fingerprint density at radius 2 is 2.17 bits per heavy atom. The van der Waals surface area contributed by atoms with Crippen LogP contribution in [0.5, 0.6) is 11.5 Å². The van der Waals surface area contributed by atoms with E-state index in [9.17, 15) is 9.18 Å². The van der Waals surface area contributed by atoms with Gasteiger partial charge in [0.1, 0.15) is 23.9 Å². The van der Waals surface area contributed by atoms with E-state index in [0.717, 1.165) is 5.56 Å². The van der Waals surface area contributed by atoms with Crippen LogP contribution in [0, 0.1) is 5.82 Å². The van der Waals surface area contributed by atoms with Gasteiger partial charge in [-0.3, -0.25) is 0 Å². The average molecular weight is 351 g/mol. The molecule has 1 unspecified atom stereocenters. The minimum atomic E-state index is -0.385. The molecule has 0 fully saturated rings. The molecule has 1 aliphatic rings. The minimum absolute atomic E-state index is 0.243. The first kappa shape index (κ1) is 16.4. The molecule has 1 heterocycles. The van der Waals surface area contributed by atoms with Crippen LogP contribution in [-0.4, -0.2) is 25.8 Å². The maximum Gasteiger partial charge on any atom is 0.319 e. The third-order valence-corrected chi connectivity index (χ3v) is 3.97. The van der Waals surface area contributed by atoms with Crippen LogP contribution in [-0.2, 0) is 6.42 Å². The molecule has 7 heteroatoms. The van der Waals surface area contributed by atoms with Gasteiger partial charge in [0.05, 0.1) is 18.2 Å². The van der Waals surface area contributed by atoms with Crippen LogP contribution >= 0.6 is 11.6 Å². The number of urea groups is 1. The fourth-order valence-electron chi connectivity index (χ4n) is 2.55. The van der Waals surface area contributed by atoms with Crippen molar-refractivity contribution in [1.82, 2.24) is 5.32 Å². The summed E-state index contributed by atoms with van der Waals surface area (Å²) in [6.45, 7) is 0.329. The van der Waals surface area contributed by atoms with Crippen LogP contribution in [0.25, 0.3) is 0 Å². The first-order chi connectivity index (χ1) is 11.5. The Bertz CT molecular complexity index is 769.